The molecular weight excluding hydrogens is 433 g/mol. The summed E-state index contributed by atoms with van der Waals surface area (Å²) >= 11 is 0. The van der Waals surface area contributed by atoms with Crippen LogP contribution in [0.5, 0.6) is 0 Å². The van der Waals surface area contributed by atoms with E-state index in [4.69, 9.17) is 4.74 Å². The van der Waals surface area contributed by atoms with Gasteiger partial charge in [0.1, 0.15) is 0 Å². The predicted molar refractivity (Wildman–Crippen MR) is 112 cm³/mol. The zero-order valence-corrected chi connectivity index (χ0v) is 17.5. The van der Waals surface area contributed by atoms with Gasteiger partial charge in [-0.3, -0.25) is 9.89 Å². The van der Waals surface area contributed by atoms with Crippen LogP contribution in [0.2, 0.25) is 0 Å². The number of aliphatic imine (C=N–C) groups is 1. The summed E-state index contributed by atoms with van der Waals surface area (Å²) in [5.74, 6) is 1.65. The van der Waals surface area contributed by atoms with E-state index < -0.39 is 0 Å². The number of ether oxygens (including phenoxy) is 1. The molecule has 0 aliphatic carbocycles. The van der Waals surface area contributed by atoms with Gasteiger partial charge in [0.15, 0.2) is 5.96 Å². The molecule has 0 spiro atoms. The van der Waals surface area contributed by atoms with Crippen LogP contribution in [0.25, 0.3) is 0 Å². The lowest BCUT2D eigenvalue weighted by Crippen LogP contribution is -2.49. The molecule has 1 aromatic heterocycles. The smallest absolute Gasteiger partial charge is 0.225 e. The molecule has 25 heavy (non-hydrogen) atoms. The van der Waals surface area contributed by atoms with Gasteiger partial charge in [-0.05, 0) is 13.0 Å². The lowest BCUT2D eigenvalue weighted by atomic mass is 10.3. The number of aromatic nitrogens is 2. The summed E-state index contributed by atoms with van der Waals surface area (Å²) in [6.07, 6.45) is 3.59. The molecule has 0 unspecified atom stereocenters. The quantitative estimate of drug-likeness (QED) is 0.251. The first-order valence-corrected chi connectivity index (χ1v) is 8.60. The predicted octanol–water partition coefficient (Wildman–Crippen LogP) is 0.418. The van der Waals surface area contributed by atoms with Gasteiger partial charge in [-0.15, -0.1) is 24.0 Å². The number of hydrogen-bond acceptors (Lipinski definition) is 6. The molecule has 2 heterocycles. The Morgan fingerprint density at radius 2 is 1.84 bits per heavy atom. The second kappa shape index (κ2) is 13.1. The standard InChI is InChI=1S/C16H29N7O.HI/c1-3-24-14-8-19-15(17-2)18-7-9-22-10-12-23(13-11-22)16-20-5-4-6-21-16;/h4-6H,3,7-14H2,1-2H3,(H2,17,18,19);1H. The van der Waals surface area contributed by atoms with Crippen LogP contribution in [0.15, 0.2) is 23.5 Å². The van der Waals surface area contributed by atoms with E-state index in [1.165, 1.54) is 0 Å². The van der Waals surface area contributed by atoms with Gasteiger partial charge in [0.05, 0.1) is 6.61 Å². The number of halogens is 1. The molecule has 0 bridgehead atoms. The third kappa shape index (κ3) is 8.15. The van der Waals surface area contributed by atoms with Gasteiger partial charge in [-0.25, -0.2) is 9.97 Å². The highest BCUT2D eigenvalue weighted by molar-refractivity contribution is 14.0. The van der Waals surface area contributed by atoms with Crippen LogP contribution in [0.1, 0.15) is 6.92 Å². The molecule has 2 N–H and O–H groups in total. The van der Waals surface area contributed by atoms with E-state index in [1.807, 2.05) is 13.0 Å². The maximum Gasteiger partial charge on any atom is 0.225 e. The Balaban J connectivity index is 0.00000312. The molecular formula is C16H30IN7O. The minimum atomic E-state index is 0. The third-order valence-electron chi connectivity index (χ3n) is 3.89. The molecule has 0 atom stereocenters. The molecule has 0 amide bonds. The lowest BCUT2D eigenvalue weighted by molar-refractivity contribution is 0.152. The number of piperazine rings is 1. The second-order valence-electron chi connectivity index (χ2n) is 5.50. The van der Waals surface area contributed by atoms with Crippen LogP contribution < -0.4 is 15.5 Å². The molecule has 0 radical (unpaired) electrons. The van der Waals surface area contributed by atoms with E-state index in [1.54, 1.807) is 19.4 Å². The molecule has 2 rings (SSSR count). The molecule has 142 valence electrons. The minimum Gasteiger partial charge on any atom is -0.380 e. The molecule has 8 nitrogen and oxygen atoms in total. The number of rotatable bonds is 8. The van der Waals surface area contributed by atoms with Crippen molar-refractivity contribution in [2.24, 2.45) is 4.99 Å². The van der Waals surface area contributed by atoms with Crippen molar-refractivity contribution in [1.82, 2.24) is 25.5 Å². The van der Waals surface area contributed by atoms with Crippen molar-refractivity contribution in [3.63, 3.8) is 0 Å². The third-order valence-corrected chi connectivity index (χ3v) is 3.89. The summed E-state index contributed by atoms with van der Waals surface area (Å²) in [7, 11) is 1.79. The Bertz CT molecular complexity index is 481. The summed E-state index contributed by atoms with van der Waals surface area (Å²) in [6, 6.07) is 1.85. The molecule has 1 fully saturated rings. The summed E-state index contributed by atoms with van der Waals surface area (Å²) in [4.78, 5) is 17.5. The normalized spacial score (nSPS) is 15.6. The van der Waals surface area contributed by atoms with Crippen LogP contribution >= 0.6 is 24.0 Å². The number of nitrogens with one attached hydrogen (secondary N) is 2. The molecule has 1 aliphatic rings. The molecule has 0 aromatic carbocycles. The Morgan fingerprint density at radius 1 is 1.16 bits per heavy atom. The zero-order valence-electron chi connectivity index (χ0n) is 15.1. The summed E-state index contributed by atoms with van der Waals surface area (Å²) in [5, 5.41) is 6.58. The Kier molecular flexibility index (Phi) is 11.4. The van der Waals surface area contributed by atoms with Crippen molar-refractivity contribution in [2.45, 2.75) is 6.92 Å². The van der Waals surface area contributed by atoms with Gasteiger partial charge in [0, 0.05) is 71.9 Å². The average Bonchev–Trinajstić information content (AvgIpc) is 2.65. The molecule has 9 heteroatoms. The number of guanidine groups is 1. The van der Waals surface area contributed by atoms with Crippen LogP contribution in [0.3, 0.4) is 0 Å². The Hall–Kier alpha value is -1.20. The Labute approximate surface area is 167 Å². The van der Waals surface area contributed by atoms with Gasteiger partial charge in [0.25, 0.3) is 0 Å². The van der Waals surface area contributed by atoms with Crippen LogP contribution in [0, 0.1) is 0 Å². The highest BCUT2D eigenvalue weighted by Gasteiger charge is 2.18. The summed E-state index contributed by atoms with van der Waals surface area (Å²) in [6.45, 7) is 10.0. The molecule has 1 aliphatic heterocycles. The van der Waals surface area contributed by atoms with Gasteiger partial charge < -0.3 is 20.3 Å². The fourth-order valence-corrected chi connectivity index (χ4v) is 2.56. The van der Waals surface area contributed by atoms with E-state index in [-0.39, 0.29) is 24.0 Å². The van der Waals surface area contributed by atoms with Crippen LogP contribution in [0.4, 0.5) is 5.95 Å². The Morgan fingerprint density at radius 3 is 2.48 bits per heavy atom. The second-order valence-corrected chi connectivity index (χ2v) is 5.50. The van der Waals surface area contributed by atoms with E-state index in [9.17, 15) is 0 Å². The first kappa shape index (κ1) is 21.8. The van der Waals surface area contributed by atoms with Crippen molar-refractivity contribution >= 4 is 35.9 Å². The van der Waals surface area contributed by atoms with Crippen molar-refractivity contribution in [1.29, 1.82) is 0 Å². The molecule has 1 aromatic rings. The number of hydrogen-bond donors (Lipinski definition) is 2. The topological polar surface area (TPSA) is 77.9 Å². The minimum absolute atomic E-state index is 0. The average molecular weight is 463 g/mol. The van der Waals surface area contributed by atoms with E-state index in [2.05, 4.69) is 35.4 Å². The van der Waals surface area contributed by atoms with E-state index in [0.717, 1.165) is 64.3 Å². The highest BCUT2D eigenvalue weighted by Crippen LogP contribution is 2.08. The van der Waals surface area contributed by atoms with Crippen molar-refractivity contribution in [3.8, 4) is 0 Å². The van der Waals surface area contributed by atoms with E-state index >= 15 is 0 Å². The number of anilines is 1. The highest BCUT2D eigenvalue weighted by atomic mass is 127. The van der Waals surface area contributed by atoms with E-state index in [0.29, 0.717) is 6.61 Å². The maximum atomic E-state index is 5.31. The first-order valence-electron chi connectivity index (χ1n) is 8.60. The van der Waals surface area contributed by atoms with Crippen LogP contribution in [-0.2, 0) is 4.74 Å². The maximum absolute atomic E-state index is 5.31. The van der Waals surface area contributed by atoms with Crippen molar-refractivity contribution in [3.05, 3.63) is 18.5 Å². The van der Waals surface area contributed by atoms with Gasteiger partial charge >= 0.3 is 0 Å². The summed E-state index contributed by atoms with van der Waals surface area (Å²) < 4.78 is 5.31. The van der Waals surface area contributed by atoms with Crippen LogP contribution in [-0.4, -0.2) is 86.9 Å². The fraction of sp³-hybridized carbons (Fsp3) is 0.688. The van der Waals surface area contributed by atoms with Gasteiger partial charge in [-0.2, -0.15) is 0 Å². The van der Waals surface area contributed by atoms with Gasteiger partial charge in [-0.1, -0.05) is 0 Å². The van der Waals surface area contributed by atoms with Gasteiger partial charge in [0.2, 0.25) is 5.95 Å². The molecule has 1 saturated heterocycles. The largest absolute Gasteiger partial charge is 0.380 e. The van der Waals surface area contributed by atoms with Crippen molar-refractivity contribution in [2.75, 3.05) is 71.0 Å². The zero-order chi connectivity index (χ0) is 17.0. The number of nitrogens with zero attached hydrogens (tertiary/aromatic N) is 5. The van der Waals surface area contributed by atoms with Crippen molar-refractivity contribution < 1.29 is 4.74 Å². The summed E-state index contributed by atoms with van der Waals surface area (Å²) in [5.41, 5.74) is 0. The lowest BCUT2D eigenvalue weighted by Gasteiger charge is -2.34. The molecule has 0 saturated carbocycles. The first-order chi connectivity index (χ1) is 11.8. The monoisotopic (exact) mass is 463 g/mol. The SMILES string of the molecule is CCOCCNC(=NC)NCCN1CCN(c2ncccn2)CC1.I. The fourth-order valence-electron chi connectivity index (χ4n) is 2.56.